The molecular formula is C25H23N5O3S. The zero-order valence-electron chi connectivity index (χ0n) is 19.2. The Morgan fingerprint density at radius 1 is 1.09 bits per heavy atom. The molecule has 0 aliphatic carbocycles. The van der Waals surface area contributed by atoms with Crippen LogP contribution in [0.2, 0.25) is 0 Å². The van der Waals surface area contributed by atoms with Gasteiger partial charge in [-0.15, -0.1) is 10.2 Å². The number of methoxy groups -OCH3 is 1. The highest BCUT2D eigenvalue weighted by atomic mass is 32.2. The SMILES string of the molecule is COc1ccc(C)cc1-n1c(=O)c2ccccc2n2c(SCC(=O)c3cc(C)[nH]c3C)nnc12. The van der Waals surface area contributed by atoms with Gasteiger partial charge in [-0.3, -0.25) is 14.0 Å². The van der Waals surface area contributed by atoms with E-state index in [1.54, 1.807) is 13.2 Å². The van der Waals surface area contributed by atoms with E-state index < -0.39 is 0 Å². The number of nitrogens with zero attached hydrogens (tertiary/aromatic N) is 4. The molecule has 0 amide bonds. The van der Waals surface area contributed by atoms with Crippen molar-refractivity contribution in [2.45, 2.75) is 25.9 Å². The molecule has 3 aromatic heterocycles. The van der Waals surface area contributed by atoms with Gasteiger partial charge in [0.2, 0.25) is 5.78 Å². The third-order valence-corrected chi connectivity index (χ3v) is 6.68. The normalized spacial score (nSPS) is 11.4. The second kappa shape index (κ2) is 8.49. The predicted octanol–water partition coefficient (Wildman–Crippen LogP) is 4.27. The molecule has 1 N–H and O–H groups in total. The second-order valence-electron chi connectivity index (χ2n) is 8.15. The Balaban J connectivity index is 1.68. The molecule has 0 atom stereocenters. The highest BCUT2D eigenvalue weighted by molar-refractivity contribution is 7.99. The summed E-state index contributed by atoms with van der Waals surface area (Å²) in [7, 11) is 1.57. The van der Waals surface area contributed by atoms with E-state index in [2.05, 4.69) is 15.2 Å². The molecule has 0 aliphatic heterocycles. The zero-order chi connectivity index (χ0) is 24.0. The molecule has 0 fully saturated rings. The van der Waals surface area contributed by atoms with Crippen molar-refractivity contribution in [3.05, 3.63) is 81.4 Å². The maximum atomic E-state index is 13.6. The highest BCUT2D eigenvalue weighted by Gasteiger charge is 2.21. The van der Waals surface area contributed by atoms with Crippen molar-refractivity contribution >= 4 is 34.2 Å². The van der Waals surface area contributed by atoms with Gasteiger partial charge >= 0.3 is 0 Å². The third kappa shape index (κ3) is 3.58. The van der Waals surface area contributed by atoms with E-state index in [9.17, 15) is 9.59 Å². The Hall–Kier alpha value is -3.85. The van der Waals surface area contributed by atoms with Crippen molar-refractivity contribution in [1.29, 1.82) is 0 Å². The summed E-state index contributed by atoms with van der Waals surface area (Å²) >= 11 is 1.29. The monoisotopic (exact) mass is 473 g/mol. The van der Waals surface area contributed by atoms with E-state index in [0.717, 1.165) is 17.0 Å². The molecule has 5 rings (SSSR count). The summed E-state index contributed by atoms with van der Waals surface area (Å²) in [6.07, 6.45) is 0. The average molecular weight is 474 g/mol. The summed E-state index contributed by atoms with van der Waals surface area (Å²) in [5, 5.41) is 9.77. The number of aromatic amines is 1. The second-order valence-corrected chi connectivity index (χ2v) is 9.10. The maximum absolute atomic E-state index is 13.6. The van der Waals surface area contributed by atoms with Crippen LogP contribution < -0.4 is 10.3 Å². The van der Waals surface area contributed by atoms with Gasteiger partial charge in [0.1, 0.15) is 5.75 Å². The number of ether oxygens (including phenoxy) is 1. The van der Waals surface area contributed by atoms with Crippen LogP contribution >= 0.6 is 11.8 Å². The lowest BCUT2D eigenvalue weighted by Gasteiger charge is -2.14. The van der Waals surface area contributed by atoms with Crippen LogP contribution in [-0.4, -0.2) is 42.8 Å². The Labute approximate surface area is 199 Å². The van der Waals surface area contributed by atoms with Crippen LogP contribution in [0.1, 0.15) is 27.3 Å². The number of carbonyl (C=O) groups is 1. The first kappa shape index (κ1) is 22.0. The van der Waals surface area contributed by atoms with E-state index in [0.29, 0.717) is 38.8 Å². The van der Waals surface area contributed by atoms with Crippen LogP contribution in [0, 0.1) is 20.8 Å². The lowest BCUT2D eigenvalue weighted by molar-refractivity contribution is 0.102. The van der Waals surface area contributed by atoms with Gasteiger partial charge in [-0.05, 0) is 56.7 Å². The maximum Gasteiger partial charge on any atom is 0.267 e. The number of hydrogen-bond acceptors (Lipinski definition) is 6. The Bertz CT molecular complexity index is 1630. The molecule has 0 aliphatic rings. The number of benzene rings is 2. The van der Waals surface area contributed by atoms with E-state index in [1.807, 2.05) is 67.6 Å². The lowest BCUT2D eigenvalue weighted by Crippen LogP contribution is -2.22. The molecule has 0 saturated heterocycles. The smallest absolute Gasteiger partial charge is 0.267 e. The van der Waals surface area contributed by atoms with E-state index in [1.165, 1.54) is 16.3 Å². The van der Waals surface area contributed by atoms with Gasteiger partial charge in [0.25, 0.3) is 5.56 Å². The first-order valence-electron chi connectivity index (χ1n) is 10.7. The Morgan fingerprint density at radius 2 is 1.88 bits per heavy atom. The number of nitrogens with one attached hydrogen (secondary N) is 1. The largest absolute Gasteiger partial charge is 0.495 e. The average Bonchev–Trinajstić information content (AvgIpc) is 3.40. The summed E-state index contributed by atoms with van der Waals surface area (Å²) in [6, 6.07) is 14.8. The van der Waals surface area contributed by atoms with Gasteiger partial charge in [0.15, 0.2) is 10.9 Å². The number of thioether (sulfide) groups is 1. The molecule has 0 unspecified atom stereocenters. The number of ketones is 1. The molecule has 9 heteroatoms. The quantitative estimate of drug-likeness (QED) is 0.292. The number of rotatable bonds is 6. The zero-order valence-corrected chi connectivity index (χ0v) is 20.1. The first-order valence-corrected chi connectivity index (χ1v) is 11.7. The van der Waals surface area contributed by atoms with E-state index >= 15 is 0 Å². The number of Topliss-reactive ketones (excluding diaryl/α,β-unsaturated/α-hetero) is 1. The van der Waals surface area contributed by atoms with E-state index in [-0.39, 0.29) is 17.1 Å². The number of fused-ring (bicyclic) bond motifs is 3. The summed E-state index contributed by atoms with van der Waals surface area (Å²) in [6.45, 7) is 5.76. The molecule has 0 radical (unpaired) electrons. The third-order valence-electron chi connectivity index (χ3n) is 5.75. The number of H-pyrrole nitrogens is 1. The fraction of sp³-hybridized carbons (Fsp3) is 0.200. The van der Waals surface area contributed by atoms with Gasteiger partial charge in [-0.1, -0.05) is 30.0 Å². The summed E-state index contributed by atoms with van der Waals surface area (Å²) < 4.78 is 8.89. The molecule has 5 aromatic rings. The minimum Gasteiger partial charge on any atom is -0.495 e. The predicted molar refractivity (Wildman–Crippen MR) is 133 cm³/mol. The molecule has 2 aromatic carbocycles. The van der Waals surface area contributed by atoms with Gasteiger partial charge in [0.05, 0.1) is 29.5 Å². The number of para-hydroxylation sites is 1. The van der Waals surface area contributed by atoms with Crippen LogP contribution in [0.4, 0.5) is 0 Å². The van der Waals surface area contributed by atoms with Crippen molar-refractivity contribution in [1.82, 2.24) is 24.1 Å². The van der Waals surface area contributed by atoms with Crippen LogP contribution in [0.15, 0.2) is 58.5 Å². The Morgan fingerprint density at radius 3 is 2.62 bits per heavy atom. The van der Waals surface area contributed by atoms with Crippen LogP contribution in [0.25, 0.3) is 22.4 Å². The molecule has 3 heterocycles. The van der Waals surface area contributed by atoms with Gasteiger partial charge in [0, 0.05) is 17.0 Å². The summed E-state index contributed by atoms with van der Waals surface area (Å²) in [5.74, 6) is 1.11. The summed E-state index contributed by atoms with van der Waals surface area (Å²) in [5.41, 5.74) is 4.49. The molecule has 0 bridgehead atoms. The van der Waals surface area contributed by atoms with E-state index in [4.69, 9.17) is 4.74 Å². The van der Waals surface area contributed by atoms with Crippen molar-refractivity contribution in [3.8, 4) is 11.4 Å². The summed E-state index contributed by atoms with van der Waals surface area (Å²) in [4.78, 5) is 29.6. The lowest BCUT2D eigenvalue weighted by atomic mass is 10.2. The topological polar surface area (TPSA) is 94.3 Å². The van der Waals surface area contributed by atoms with Crippen LogP contribution in [0.3, 0.4) is 0 Å². The molecule has 172 valence electrons. The minimum atomic E-state index is -0.217. The number of carbonyl (C=O) groups excluding carboxylic acids is 1. The standard InChI is InChI=1S/C25H23N5O3S/c1-14-9-10-22(33-4)20(11-14)29-23(32)17-7-5-6-8-19(17)30-24(29)27-28-25(30)34-13-21(31)18-12-15(2)26-16(18)3/h5-12,26H,13H2,1-4H3. The molecule has 0 saturated carbocycles. The van der Waals surface area contributed by atoms with Crippen molar-refractivity contribution < 1.29 is 9.53 Å². The number of aromatic nitrogens is 5. The minimum absolute atomic E-state index is 0.00146. The van der Waals surface area contributed by atoms with Gasteiger partial charge < -0.3 is 9.72 Å². The fourth-order valence-corrected chi connectivity index (χ4v) is 5.01. The van der Waals surface area contributed by atoms with Crippen molar-refractivity contribution in [2.24, 2.45) is 0 Å². The number of aryl methyl sites for hydroxylation is 3. The molecular weight excluding hydrogens is 450 g/mol. The Kier molecular flexibility index (Phi) is 5.49. The molecule has 34 heavy (non-hydrogen) atoms. The van der Waals surface area contributed by atoms with Crippen LogP contribution in [0.5, 0.6) is 5.75 Å². The fourth-order valence-electron chi connectivity index (χ4n) is 4.19. The highest BCUT2D eigenvalue weighted by Crippen LogP contribution is 2.28. The van der Waals surface area contributed by atoms with Gasteiger partial charge in [-0.25, -0.2) is 4.57 Å². The molecule has 8 nitrogen and oxygen atoms in total. The van der Waals surface area contributed by atoms with Crippen molar-refractivity contribution in [2.75, 3.05) is 12.9 Å². The van der Waals surface area contributed by atoms with Crippen molar-refractivity contribution in [3.63, 3.8) is 0 Å². The van der Waals surface area contributed by atoms with Gasteiger partial charge in [-0.2, -0.15) is 0 Å². The molecule has 0 spiro atoms. The van der Waals surface area contributed by atoms with Crippen LogP contribution in [-0.2, 0) is 0 Å². The first-order chi connectivity index (χ1) is 16.4. The number of hydrogen-bond donors (Lipinski definition) is 1.